The van der Waals surface area contributed by atoms with E-state index in [4.69, 9.17) is 5.11 Å². The molecule has 1 rings (SSSR count). The molecule has 0 saturated heterocycles. The Labute approximate surface area is 64.8 Å². The minimum absolute atomic E-state index is 0.00620. The van der Waals surface area contributed by atoms with Crippen LogP contribution in [0.25, 0.3) is 6.08 Å². The Balaban J connectivity index is 2.79. The van der Waals surface area contributed by atoms with Crippen molar-refractivity contribution in [1.82, 2.24) is 0 Å². The highest BCUT2D eigenvalue weighted by Crippen LogP contribution is 1.96. The zero-order valence-electron chi connectivity index (χ0n) is 5.97. The van der Waals surface area contributed by atoms with Crippen LogP contribution < -0.4 is 4.73 Å². The molecule has 0 atom stereocenters. The van der Waals surface area contributed by atoms with E-state index in [2.05, 4.69) is 0 Å². The number of aliphatic hydroxyl groups excluding tert-OH is 1. The zero-order chi connectivity index (χ0) is 8.10. The van der Waals surface area contributed by atoms with Gasteiger partial charge >= 0.3 is 0 Å². The maximum absolute atomic E-state index is 10.7. The largest absolute Gasteiger partial charge is 0.619 e. The highest BCUT2D eigenvalue weighted by molar-refractivity contribution is 5.46. The van der Waals surface area contributed by atoms with Gasteiger partial charge in [-0.2, -0.15) is 4.73 Å². The Morgan fingerprint density at radius 3 is 3.09 bits per heavy atom. The first-order chi connectivity index (χ1) is 5.33. The van der Waals surface area contributed by atoms with Crippen LogP contribution in [-0.4, -0.2) is 11.7 Å². The zero-order valence-corrected chi connectivity index (χ0v) is 5.97. The van der Waals surface area contributed by atoms with E-state index in [-0.39, 0.29) is 6.61 Å². The predicted molar refractivity (Wildman–Crippen MR) is 41.5 cm³/mol. The van der Waals surface area contributed by atoms with Gasteiger partial charge in [0.15, 0.2) is 12.4 Å². The van der Waals surface area contributed by atoms with Crippen LogP contribution in [0.5, 0.6) is 0 Å². The topological polar surface area (TPSA) is 47.2 Å². The Morgan fingerprint density at radius 2 is 2.45 bits per heavy atom. The van der Waals surface area contributed by atoms with Gasteiger partial charge < -0.3 is 10.3 Å². The monoisotopic (exact) mass is 151 g/mol. The summed E-state index contributed by atoms with van der Waals surface area (Å²) < 4.78 is 0.719. The molecule has 0 fully saturated rings. The Morgan fingerprint density at radius 1 is 1.64 bits per heavy atom. The van der Waals surface area contributed by atoms with Crippen molar-refractivity contribution in [2.75, 3.05) is 6.61 Å². The number of rotatable bonds is 2. The van der Waals surface area contributed by atoms with Crippen molar-refractivity contribution < 1.29 is 9.84 Å². The molecule has 0 aliphatic heterocycles. The van der Waals surface area contributed by atoms with Crippen molar-refractivity contribution in [1.29, 1.82) is 0 Å². The van der Waals surface area contributed by atoms with E-state index < -0.39 is 0 Å². The summed E-state index contributed by atoms with van der Waals surface area (Å²) in [6, 6.07) is 3.45. The number of aromatic nitrogens is 1. The van der Waals surface area contributed by atoms with Gasteiger partial charge in [0, 0.05) is 11.6 Å². The number of pyridine rings is 1. The smallest absolute Gasteiger partial charge is 0.187 e. The average molecular weight is 151 g/mol. The van der Waals surface area contributed by atoms with Crippen LogP contribution >= 0.6 is 0 Å². The minimum atomic E-state index is -0.00620. The molecule has 58 valence electrons. The fourth-order valence-electron chi connectivity index (χ4n) is 0.759. The second-order valence-electron chi connectivity index (χ2n) is 2.08. The predicted octanol–water partition coefficient (Wildman–Crippen LogP) is 0.326. The number of aliphatic hydroxyl groups is 1. The van der Waals surface area contributed by atoms with Gasteiger partial charge in [-0.25, -0.2) is 0 Å². The number of nitrogens with zero attached hydrogens (tertiary/aromatic N) is 1. The third-order valence-electron chi connectivity index (χ3n) is 1.21. The lowest BCUT2D eigenvalue weighted by atomic mass is 10.3. The van der Waals surface area contributed by atoms with Crippen molar-refractivity contribution in [3.63, 3.8) is 0 Å². The summed E-state index contributed by atoms with van der Waals surface area (Å²) >= 11 is 0. The summed E-state index contributed by atoms with van der Waals surface area (Å²) in [5.41, 5.74) is 0.788. The van der Waals surface area contributed by atoms with Crippen LogP contribution in [0.2, 0.25) is 0 Å². The lowest BCUT2D eigenvalue weighted by molar-refractivity contribution is -0.605. The second-order valence-corrected chi connectivity index (χ2v) is 2.08. The lowest BCUT2D eigenvalue weighted by Crippen LogP contribution is -2.24. The van der Waals surface area contributed by atoms with E-state index in [1.54, 1.807) is 24.3 Å². The molecule has 0 unspecified atom stereocenters. The molecule has 0 saturated carbocycles. The molecule has 1 aromatic heterocycles. The molecule has 0 amide bonds. The summed E-state index contributed by atoms with van der Waals surface area (Å²) in [6.07, 6.45) is 6.12. The SMILES string of the molecule is [O-][n+]1cccc(C=CCO)c1. The van der Waals surface area contributed by atoms with Gasteiger partial charge in [-0.15, -0.1) is 0 Å². The van der Waals surface area contributed by atoms with E-state index in [1.807, 2.05) is 0 Å². The van der Waals surface area contributed by atoms with Crippen molar-refractivity contribution >= 4 is 6.08 Å². The van der Waals surface area contributed by atoms with Crippen LogP contribution in [0.15, 0.2) is 30.6 Å². The highest BCUT2D eigenvalue weighted by atomic mass is 16.5. The Hall–Kier alpha value is -1.35. The summed E-state index contributed by atoms with van der Waals surface area (Å²) in [6.45, 7) is -0.00620. The molecule has 1 heterocycles. The van der Waals surface area contributed by atoms with Crippen molar-refractivity contribution in [2.45, 2.75) is 0 Å². The molecule has 3 nitrogen and oxygen atoms in total. The molecule has 1 aromatic rings. The summed E-state index contributed by atoms with van der Waals surface area (Å²) in [4.78, 5) is 0. The molecule has 11 heavy (non-hydrogen) atoms. The van der Waals surface area contributed by atoms with Gasteiger partial charge in [-0.1, -0.05) is 12.2 Å². The minimum Gasteiger partial charge on any atom is -0.619 e. The Bertz CT molecular complexity index is 258. The summed E-state index contributed by atoms with van der Waals surface area (Å²) in [5.74, 6) is 0. The second kappa shape index (κ2) is 3.73. The molecule has 1 N–H and O–H groups in total. The first kappa shape index (κ1) is 7.75. The maximum atomic E-state index is 10.7. The van der Waals surface area contributed by atoms with Crippen molar-refractivity contribution in [3.8, 4) is 0 Å². The van der Waals surface area contributed by atoms with Gasteiger partial charge in [-0.05, 0) is 6.07 Å². The van der Waals surface area contributed by atoms with Crippen molar-refractivity contribution in [3.05, 3.63) is 41.4 Å². The fraction of sp³-hybridized carbons (Fsp3) is 0.125. The lowest BCUT2D eigenvalue weighted by Gasteiger charge is -1.94. The van der Waals surface area contributed by atoms with Crippen LogP contribution in [0.1, 0.15) is 5.56 Å². The molecule has 0 radical (unpaired) electrons. The van der Waals surface area contributed by atoms with E-state index in [0.717, 1.165) is 10.3 Å². The Kier molecular flexibility index (Phi) is 2.63. The quantitative estimate of drug-likeness (QED) is 0.489. The summed E-state index contributed by atoms with van der Waals surface area (Å²) in [7, 11) is 0. The molecule has 0 aliphatic rings. The van der Waals surface area contributed by atoms with E-state index >= 15 is 0 Å². The molecule has 0 bridgehead atoms. The van der Waals surface area contributed by atoms with Crippen molar-refractivity contribution in [2.24, 2.45) is 0 Å². The van der Waals surface area contributed by atoms with Gasteiger partial charge in [0.2, 0.25) is 0 Å². The third kappa shape index (κ3) is 2.39. The maximum Gasteiger partial charge on any atom is 0.187 e. The highest BCUT2D eigenvalue weighted by Gasteiger charge is 1.89. The van der Waals surface area contributed by atoms with Gasteiger partial charge in [-0.3, -0.25) is 0 Å². The van der Waals surface area contributed by atoms with Crippen LogP contribution in [0.4, 0.5) is 0 Å². The molecule has 0 spiro atoms. The number of hydrogen-bond donors (Lipinski definition) is 1. The third-order valence-corrected chi connectivity index (χ3v) is 1.21. The standard InChI is InChI=1S/C8H9NO2/c10-6-2-4-8-3-1-5-9(11)7-8/h1-5,7,10H,6H2. The van der Waals surface area contributed by atoms with Gasteiger partial charge in [0.1, 0.15) is 0 Å². The molecular formula is C8H9NO2. The van der Waals surface area contributed by atoms with Crippen LogP contribution in [0, 0.1) is 5.21 Å². The summed E-state index contributed by atoms with van der Waals surface area (Å²) in [5, 5.41) is 19.1. The van der Waals surface area contributed by atoms with Crippen LogP contribution in [-0.2, 0) is 0 Å². The average Bonchev–Trinajstić information content (AvgIpc) is 2.01. The van der Waals surface area contributed by atoms with E-state index in [9.17, 15) is 5.21 Å². The van der Waals surface area contributed by atoms with E-state index in [1.165, 1.54) is 12.4 Å². The first-order valence-corrected chi connectivity index (χ1v) is 3.29. The fourth-order valence-corrected chi connectivity index (χ4v) is 0.759. The molecule has 0 aliphatic carbocycles. The molecular weight excluding hydrogens is 142 g/mol. The van der Waals surface area contributed by atoms with Gasteiger partial charge in [0.05, 0.1) is 6.61 Å². The molecule has 3 heteroatoms. The van der Waals surface area contributed by atoms with Crippen LogP contribution in [0.3, 0.4) is 0 Å². The normalized spacial score (nSPS) is 10.6. The van der Waals surface area contributed by atoms with E-state index in [0.29, 0.717) is 0 Å². The van der Waals surface area contributed by atoms with Gasteiger partial charge in [0.25, 0.3) is 0 Å². The first-order valence-electron chi connectivity index (χ1n) is 3.29. The molecule has 0 aromatic carbocycles. The number of hydrogen-bond acceptors (Lipinski definition) is 2.